The lowest BCUT2D eigenvalue weighted by Crippen LogP contribution is -2.42. The molecule has 6 heteroatoms. The van der Waals surface area contributed by atoms with Crippen molar-refractivity contribution in [3.63, 3.8) is 0 Å². The molecule has 1 heterocycles. The van der Waals surface area contributed by atoms with E-state index in [0.717, 1.165) is 22.4 Å². The van der Waals surface area contributed by atoms with Crippen LogP contribution in [0.15, 0.2) is 41.5 Å². The molecule has 1 amide bonds. The minimum absolute atomic E-state index is 0.0860. The fourth-order valence-corrected chi connectivity index (χ4v) is 3.84. The lowest BCUT2D eigenvalue weighted by Gasteiger charge is -2.40. The second kappa shape index (κ2) is 7.61. The van der Waals surface area contributed by atoms with Crippen LogP contribution in [0.2, 0.25) is 10.0 Å². The van der Waals surface area contributed by atoms with Crippen molar-refractivity contribution in [2.24, 2.45) is 5.10 Å². The van der Waals surface area contributed by atoms with E-state index >= 15 is 0 Å². The van der Waals surface area contributed by atoms with Crippen LogP contribution in [0, 0.1) is 6.92 Å². The fourth-order valence-electron chi connectivity index (χ4n) is 3.31. The zero-order valence-electron chi connectivity index (χ0n) is 16.6. The van der Waals surface area contributed by atoms with Crippen molar-refractivity contribution in [2.75, 3.05) is 11.9 Å². The normalized spacial score (nSPS) is 15.4. The summed E-state index contributed by atoms with van der Waals surface area (Å²) < 4.78 is 0. The SMILES string of the molecule is CC1=CC(C)(C)N(C)c2cc(Cl)c(/C=N/NC(=O)c3ccc(C)cc3Cl)cc21. The van der Waals surface area contributed by atoms with E-state index in [4.69, 9.17) is 23.2 Å². The number of carbonyl (C=O) groups is 1. The first-order valence-corrected chi connectivity index (χ1v) is 9.72. The van der Waals surface area contributed by atoms with Gasteiger partial charge in [-0.25, -0.2) is 5.43 Å². The van der Waals surface area contributed by atoms with Crippen molar-refractivity contribution in [2.45, 2.75) is 33.2 Å². The average molecular weight is 416 g/mol. The van der Waals surface area contributed by atoms with Crippen LogP contribution in [0.1, 0.15) is 47.8 Å². The Balaban J connectivity index is 1.84. The Morgan fingerprint density at radius 3 is 2.54 bits per heavy atom. The molecule has 3 rings (SSSR count). The van der Waals surface area contributed by atoms with Gasteiger partial charge in [0.1, 0.15) is 0 Å². The predicted octanol–water partition coefficient (Wildman–Crippen LogP) is 5.70. The summed E-state index contributed by atoms with van der Waals surface area (Å²) in [6, 6.07) is 9.19. The topological polar surface area (TPSA) is 44.7 Å². The third-order valence-electron chi connectivity index (χ3n) is 5.07. The van der Waals surface area contributed by atoms with E-state index in [1.54, 1.807) is 18.3 Å². The van der Waals surface area contributed by atoms with Crippen molar-refractivity contribution in [3.05, 3.63) is 68.7 Å². The van der Waals surface area contributed by atoms with Crippen LogP contribution < -0.4 is 10.3 Å². The predicted molar refractivity (Wildman–Crippen MR) is 119 cm³/mol. The largest absolute Gasteiger partial charge is 0.365 e. The smallest absolute Gasteiger partial charge is 0.272 e. The minimum atomic E-state index is -0.368. The number of nitrogens with one attached hydrogen (secondary N) is 1. The lowest BCUT2D eigenvalue weighted by molar-refractivity contribution is 0.0955. The molecule has 146 valence electrons. The molecule has 0 aliphatic carbocycles. The van der Waals surface area contributed by atoms with Crippen molar-refractivity contribution in [1.29, 1.82) is 0 Å². The summed E-state index contributed by atoms with van der Waals surface area (Å²) in [4.78, 5) is 14.5. The Morgan fingerprint density at radius 2 is 1.86 bits per heavy atom. The number of benzene rings is 2. The van der Waals surface area contributed by atoms with Crippen molar-refractivity contribution < 1.29 is 4.79 Å². The lowest BCUT2D eigenvalue weighted by atomic mass is 9.88. The van der Waals surface area contributed by atoms with Crippen LogP contribution in [0.5, 0.6) is 0 Å². The van der Waals surface area contributed by atoms with E-state index in [-0.39, 0.29) is 11.4 Å². The first-order chi connectivity index (χ1) is 13.1. The van der Waals surface area contributed by atoms with Crippen LogP contribution >= 0.6 is 23.2 Å². The van der Waals surface area contributed by atoms with Gasteiger partial charge in [-0.15, -0.1) is 0 Å². The summed E-state index contributed by atoms with van der Waals surface area (Å²) in [5.41, 5.74) is 7.87. The minimum Gasteiger partial charge on any atom is -0.365 e. The second-order valence-electron chi connectivity index (χ2n) is 7.61. The van der Waals surface area contributed by atoms with Gasteiger partial charge in [-0.2, -0.15) is 5.10 Å². The molecule has 0 bridgehead atoms. The summed E-state index contributed by atoms with van der Waals surface area (Å²) in [5, 5.41) is 5.03. The third kappa shape index (κ3) is 3.94. The maximum atomic E-state index is 12.3. The number of hydrogen-bond donors (Lipinski definition) is 1. The number of amides is 1. The summed E-state index contributed by atoms with van der Waals surface area (Å²) >= 11 is 12.6. The van der Waals surface area contributed by atoms with E-state index in [0.29, 0.717) is 15.6 Å². The van der Waals surface area contributed by atoms with Crippen molar-refractivity contribution in [1.82, 2.24) is 5.43 Å². The fraction of sp³-hybridized carbons (Fsp3) is 0.273. The van der Waals surface area contributed by atoms with Crippen molar-refractivity contribution >= 4 is 46.6 Å². The van der Waals surface area contributed by atoms with Gasteiger partial charge in [0.2, 0.25) is 0 Å². The van der Waals surface area contributed by atoms with E-state index < -0.39 is 0 Å². The number of allylic oxidation sites excluding steroid dienone is 1. The van der Waals surface area contributed by atoms with Gasteiger partial charge in [0.25, 0.3) is 5.91 Å². The Bertz CT molecular complexity index is 1010. The Labute approximate surface area is 175 Å². The molecule has 0 atom stereocenters. The maximum absolute atomic E-state index is 12.3. The van der Waals surface area contributed by atoms with Gasteiger partial charge in [-0.1, -0.05) is 35.3 Å². The molecule has 0 saturated heterocycles. The van der Waals surface area contributed by atoms with E-state index in [1.807, 2.05) is 25.1 Å². The second-order valence-corrected chi connectivity index (χ2v) is 8.43. The van der Waals surface area contributed by atoms with Gasteiger partial charge in [-0.3, -0.25) is 4.79 Å². The molecular weight excluding hydrogens is 393 g/mol. The molecule has 0 fully saturated rings. The summed E-state index contributed by atoms with van der Waals surface area (Å²) in [7, 11) is 2.05. The molecule has 0 aromatic heterocycles. The molecule has 2 aromatic carbocycles. The van der Waals surface area contributed by atoms with Crippen LogP contribution in [0.4, 0.5) is 5.69 Å². The Morgan fingerprint density at radius 1 is 1.14 bits per heavy atom. The number of carbonyl (C=O) groups excluding carboxylic acids is 1. The van der Waals surface area contributed by atoms with Crippen LogP contribution in [-0.4, -0.2) is 24.7 Å². The standard InChI is InChI=1S/C22H23Cl2N3O/c1-13-6-7-16(19(24)8-13)21(28)26-25-12-15-9-17-14(2)11-22(3,4)27(5)20(17)10-18(15)23/h6-12H,1-5H3,(H,26,28)/b25-12+. The number of rotatable bonds is 3. The van der Waals surface area contributed by atoms with Crippen LogP contribution in [0.25, 0.3) is 5.57 Å². The molecule has 1 N–H and O–H groups in total. The van der Waals surface area contributed by atoms with E-state index in [9.17, 15) is 4.79 Å². The molecule has 0 unspecified atom stereocenters. The van der Waals surface area contributed by atoms with E-state index in [1.165, 1.54) is 5.57 Å². The Hall–Kier alpha value is -2.30. The Kier molecular flexibility index (Phi) is 5.55. The summed E-state index contributed by atoms with van der Waals surface area (Å²) in [5.74, 6) is -0.368. The highest BCUT2D eigenvalue weighted by Gasteiger charge is 2.29. The van der Waals surface area contributed by atoms with Gasteiger partial charge in [0.05, 0.1) is 27.4 Å². The monoisotopic (exact) mass is 415 g/mol. The van der Waals surface area contributed by atoms with Gasteiger partial charge >= 0.3 is 0 Å². The molecule has 28 heavy (non-hydrogen) atoms. The summed E-state index contributed by atoms with van der Waals surface area (Å²) in [6.07, 6.45) is 3.78. The first-order valence-electron chi connectivity index (χ1n) is 8.97. The average Bonchev–Trinajstić information content (AvgIpc) is 2.60. The zero-order valence-corrected chi connectivity index (χ0v) is 18.1. The molecule has 4 nitrogen and oxygen atoms in total. The molecule has 1 aliphatic heterocycles. The molecule has 0 radical (unpaired) electrons. The number of fused-ring (bicyclic) bond motifs is 1. The zero-order chi connectivity index (χ0) is 20.6. The van der Waals surface area contributed by atoms with E-state index in [2.05, 4.69) is 49.3 Å². The number of aryl methyl sites for hydroxylation is 1. The molecule has 1 aliphatic rings. The van der Waals surface area contributed by atoms with Crippen molar-refractivity contribution in [3.8, 4) is 0 Å². The molecule has 0 spiro atoms. The van der Waals surface area contributed by atoms with Gasteiger partial charge in [0.15, 0.2) is 0 Å². The van der Waals surface area contributed by atoms with Crippen LogP contribution in [-0.2, 0) is 0 Å². The number of likely N-dealkylation sites (N-methyl/N-ethyl adjacent to an activating group) is 1. The molecule has 2 aromatic rings. The number of hydrazone groups is 1. The summed E-state index contributed by atoms with van der Waals surface area (Å²) in [6.45, 7) is 8.32. The number of anilines is 1. The van der Waals surface area contributed by atoms with Gasteiger partial charge in [-0.05, 0) is 63.1 Å². The molecular formula is C22H23Cl2N3O. The van der Waals surface area contributed by atoms with Gasteiger partial charge < -0.3 is 4.90 Å². The number of hydrogen-bond acceptors (Lipinski definition) is 3. The maximum Gasteiger partial charge on any atom is 0.272 e. The van der Waals surface area contributed by atoms with Crippen LogP contribution in [0.3, 0.4) is 0 Å². The van der Waals surface area contributed by atoms with Gasteiger partial charge in [0, 0.05) is 23.9 Å². The quantitative estimate of drug-likeness (QED) is 0.516. The highest BCUT2D eigenvalue weighted by Crippen LogP contribution is 2.40. The first kappa shape index (κ1) is 20.4. The number of nitrogens with zero attached hydrogens (tertiary/aromatic N) is 2. The molecule has 0 saturated carbocycles. The third-order valence-corrected chi connectivity index (χ3v) is 5.71. The highest BCUT2D eigenvalue weighted by molar-refractivity contribution is 6.34. The highest BCUT2D eigenvalue weighted by atomic mass is 35.5. The number of halogens is 2.